The van der Waals surface area contributed by atoms with E-state index in [1.165, 1.54) is 7.11 Å². The van der Waals surface area contributed by atoms with Crippen LogP contribution in [0.3, 0.4) is 0 Å². The predicted octanol–water partition coefficient (Wildman–Crippen LogP) is 3.54. The number of methoxy groups -OCH3 is 2. The molecular weight excluding hydrogens is 344 g/mol. The van der Waals surface area contributed by atoms with Crippen molar-refractivity contribution in [2.75, 3.05) is 19.5 Å². The molecule has 0 aliphatic heterocycles. The Balaban J connectivity index is 1.63. The highest BCUT2D eigenvalue weighted by atomic mass is 16.5. The number of benzene rings is 2. The van der Waals surface area contributed by atoms with Crippen molar-refractivity contribution in [3.63, 3.8) is 0 Å². The molecule has 1 saturated carbocycles. The van der Waals surface area contributed by atoms with Gasteiger partial charge >= 0.3 is 0 Å². The summed E-state index contributed by atoms with van der Waals surface area (Å²) in [6.07, 6.45) is 1.95. The maximum Gasteiger partial charge on any atom is 0.251 e. The molecule has 3 rings (SSSR count). The van der Waals surface area contributed by atoms with E-state index in [1.54, 1.807) is 25.3 Å². The van der Waals surface area contributed by atoms with Gasteiger partial charge < -0.3 is 20.1 Å². The molecule has 2 aromatic carbocycles. The molecule has 0 spiro atoms. The lowest BCUT2D eigenvalue weighted by molar-refractivity contribution is -0.117. The number of hydrogen-bond donors (Lipinski definition) is 2. The van der Waals surface area contributed by atoms with Gasteiger partial charge in [0.05, 0.1) is 20.3 Å². The first-order chi connectivity index (χ1) is 13.0. The third-order valence-corrected chi connectivity index (χ3v) is 4.62. The lowest BCUT2D eigenvalue weighted by Gasteiger charge is -2.16. The molecule has 27 heavy (non-hydrogen) atoms. The summed E-state index contributed by atoms with van der Waals surface area (Å²) in [4.78, 5) is 24.3. The summed E-state index contributed by atoms with van der Waals surface area (Å²) in [5.41, 5.74) is 2.22. The molecule has 1 aliphatic carbocycles. The summed E-state index contributed by atoms with van der Waals surface area (Å²) in [6, 6.07) is 12.4. The highest BCUT2D eigenvalue weighted by Gasteiger charge is 2.29. The van der Waals surface area contributed by atoms with Gasteiger partial charge in [-0.2, -0.15) is 0 Å². The van der Waals surface area contributed by atoms with Gasteiger partial charge in [0, 0.05) is 17.2 Å². The Morgan fingerprint density at radius 2 is 1.67 bits per heavy atom. The van der Waals surface area contributed by atoms with Crippen LogP contribution in [0.25, 0.3) is 0 Å². The van der Waals surface area contributed by atoms with E-state index < -0.39 is 0 Å². The molecule has 0 bridgehead atoms. The number of nitrogens with one attached hydrogen (secondary N) is 2. The van der Waals surface area contributed by atoms with Crippen LogP contribution in [0.4, 0.5) is 5.69 Å². The van der Waals surface area contributed by atoms with Crippen molar-refractivity contribution in [2.24, 2.45) is 5.92 Å². The van der Waals surface area contributed by atoms with Gasteiger partial charge in [0.25, 0.3) is 5.91 Å². The Labute approximate surface area is 158 Å². The monoisotopic (exact) mass is 368 g/mol. The van der Waals surface area contributed by atoms with Crippen LogP contribution in [-0.2, 0) is 4.79 Å². The zero-order chi connectivity index (χ0) is 19.4. The fourth-order valence-corrected chi connectivity index (χ4v) is 2.79. The minimum absolute atomic E-state index is 0.0811. The molecule has 1 fully saturated rings. The summed E-state index contributed by atoms with van der Waals surface area (Å²) in [5, 5.41) is 5.88. The standard InChI is InChI=1S/C21H24N2O4/c1-13(14-6-9-17(10-7-14)23-20(24)15-4-5-15)22-21(25)16-8-11-18(26-2)19(12-16)27-3/h6-13,15H,4-5H2,1-3H3,(H,22,25)(H,23,24). The van der Waals surface area contributed by atoms with Crippen LogP contribution >= 0.6 is 0 Å². The average Bonchev–Trinajstić information content (AvgIpc) is 3.53. The van der Waals surface area contributed by atoms with E-state index >= 15 is 0 Å². The van der Waals surface area contributed by atoms with Crippen molar-refractivity contribution < 1.29 is 19.1 Å². The predicted molar refractivity (Wildman–Crippen MR) is 103 cm³/mol. The molecular formula is C21H24N2O4. The van der Waals surface area contributed by atoms with E-state index in [9.17, 15) is 9.59 Å². The van der Waals surface area contributed by atoms with Gasteiger partial charge in [-0.15, -0.1) is 0 Å². The summed E-state index contributed by atoms with van der Waals surface area (Å²) in [7, 11) is 3.09. The maximum atomic E-state index is 12.5. The lowest BCUT2D eigenvalue weighted by atomic mass is 10.1. The van der Waals surface area contributed by atoms with Gasteiger partial charge in [0.2, 0.25) is 5.91 Å². The second-order valence-corrected chi connectivity index (χ2v) is 6.65. The highest BCUT2D eigenvalue weighted by Crippen LogP contribution is 2.30. The number of carbonyl (C=O) groups excluding carboxylic acids is 2. The maximum absolute atomic E-state index is 12.5. The van der Waals surface area contributed by atoms with Crippen LogP contribution in [-0.4, -0.2) is 26.0 Å². The minimum atomic E-state index is -0.199. The number of ether oxygens (including phenoxy) is 2. The molecule has 6 nitrogen and oxygen atoms in total. The molecule has 0 aromatic heterocycles. The molecule has 1 unspecified atom stereocenters. The fraction of sp³-hybridized carbons (Fsp3) is 0.333. The molecule has 1 aliphatic rings. The number of carbonyl (C=O) groups is 2. The lowest BCUT2D eigenvalue weighted by Crippen LogP contribution is -2.26. The molecule has 2 aromatic rings. The molecule has 2 N–H and O–H groups in total. The average molecular weight is 368 g/mol. The van der Waals surface area contributed by atoms with Crippen molar-refractivity contribution in [3.8, 4) is 11.5 Å². The Morgan fingerprint density at radius 1 is 1.00 bits per heavy atom. The van der Waals surface area contributed by atoms with Crippen LogP contribution in [0.1, 0.15) is 41.7 Å². The zero-order valence-electron chi connectivity index (χ0n) is 15.7. The Bertz CT molecular complexity index is 829. The molecule has 0 heterocycles. The van der Waals surface area contributed by atoms with Gasteiger partial charge in [-0.1, -0.05) is 12.1 Å². The molecule has 6 heteroatoms. The third kappa shape index (κ3) is 4.58. The van der Waals surface area contributed by atoms with Gasteiger partial charge in [-0.3, -0.25) is 9.59 Å². The zero-order valence-corrected chi connectivity index (χ0v) is 15.7. The second kappa shape index (κ2) is 8.12. The molecule has 1 atom stereocenters. The highest BCUT2D eigenvalue weighted by molar-refractivity contribution is 5.95. The molecule has 0 radical (unpaired) electrons. The summed E-state index contributed by atoms with van der Waals surface area (Å²) in [5.74, 6) is 1.14. The van der Waals surface area contributed by atoms with Crippen LogP contribution in [0.5, 0.6) is 11.5 Å². The number of hydrogen-bond acceptors (Lipinski definition) is 4. The van der Waals surface area contributed by atoms with Gasteiger partial charge in [-0.25, -0.2) is 0 Å². The topological polar surface area (TPSA) is 76.7 Å². The molecule has 2 amide bonds. The Kier molecular flexibility index (Phi) is 5.64. The van der Waals surface area contributed by atoms with E-state index in [-0.39, 0.29) is 23.8 Å². The number of amides is 2. The van der Waals surface area contributed by atoms with E-state index in [2.05, 4.69) is 10.6 Å². The normalized spacial score (nSPS) is 14.2. The summed E-state index contributed by atoms with van der Waals surface area (Å²) in [6.45, 7) is 1.91. The van der Waals surface area contributed by atoms with Crippen molar-refractivity contribution in [2.45, 2.75) is 25.8 Å². The van der Waals surface area contributed by atoms with Crippen molar-refractivity contribution in [1.82, 2.24) is 5.32 Å². The van der Waals surface area contributed by atoms with Crippen LogP contribution in [0, 0.1) is 5.92 Å². The molecule has 0 saturated heterocycles. The largest absolute Gasteiger partial charge is 0.493 e. The smallest absolute Gasteiger partial charge is 0.251 e. The Morgan fingerprint density at radius 3 is 2.26 bits per heavy atom. The quantitative estimate of drug-likeness (QED) is 0.784. The van der Waals surface area contributed by atoms with E-state index in [0.29, 0.717) is 17.1 Å². The number of anilines is 1. The van der Waals surface area contributed by atoms with Crippen molar-refractivity contribution in [1.29, 1.82) is 0 Å². The minimum Gasteiger partial charge on any atom is -0.493 e. The second-order valence-electron chi connectivity index (χ2n) is 6.65. The van der Waals surface area contributed by atoms with Crippen molar-refractivity contribution in [3.05, 3.63) is 53.6 Å². The summed E-state index contributed by atoms with van der Waals surface area (Å²) >= 11 is 0. The Hall–Kier alpha value is -3.02. The van der Waals surface area contributed by atoms with Gasteiger partial charge in [-0.05, 0) is 55.7 Å². The summed E-state index contributed by atoms with van der Waals surface area (Å²) < 4.78 is 10.4. The van der Waals surface area contributed by atoms with E-state index in [1.807, 2.05) is 31.2 Å². The van der Waals surface area contributed by atoms with Gasteiger partial charge in [0.1, 0.15) is 0 Å². The first kappa shape index (κ1) is 18.8. The SMILES string of the molecule is COc1ccc(C(=O)NC(C)c2ccc(NC(=O)C3CC3)cc2)cc1OC. The first-order valence-corrected chi connectivity index (χ1v) is 8.95. The van der Waals surface area contributed by atoms with Gasteiger partial charge in [0.15, 0.2) is 11.5 Å². The van der Waals surface area contributed by atoms with E-state index in [4.69, 9.17) is 9.47 Å². The first-order valence-electron chi connectivity index (χ1n) is 8.95. The van der Waals surface area contributed by atoms with Crippen LogP contribution in [0.2, 0.25) is 0 Å². The van der Waals surface area contributed by atoms with E-state index in [0.717, 1.165) is 24.1 Å². The molecule has 142 valence electrons. The fourth-order valence-electron chi connectivity index (χ4n) is 2.79. The van der Waals surface area contributed by atoms with Crippen LogP contribution in [0.15, 0.2) is 42.5 Å². The number of rotatable bonds is 7. The third-order valence-electron chi connectivity index (χ3n) is 4.62. The van der Waals surface area contributed by atoms with Crippen molar-refractivity contribution >= 4 is 17.5 Å². The van der Waals surface area contributed by atoms with Crippen LogP contribution < -0.4 is 20.1 Å².